The Kier molecular flexibility index (Phi) is 5.07. The number of aromatic nitrogens is 1. The number of rotatable bonds is 1. The molecule has 1 rings (SSSR count). The minimum absolute atomic E-state index is 0.808. The van der Waals surface area contributed by atoms with Crippen LogP contribution >= 0.6 is 11.3 Å². The van der Waals surface area contributed by atoms with E-state index in [1.165, 1.54) is 5.69 Å². The summed E-state index contributed by atoms with van der Waals surface area (Å²) in [6, 6.07) is 0. The molecule has 76 valence electrons. The van der Waals surface area contributed by atoms with Crippen molar-refractivity contribution >= 4 is 21.7 Å². The fourth-order valence-electron chi connectivity index (χ4n) is 0.386. The Bertz CT molecular complexity index is 327. The molecule has 0 saturated carbocycles. The Morgan fingerprint density at radius 1 is 1.62 bits per heavy atom. The molecule has 7 heteroatoms. The molecule has 0 aromatic carbocycles. The molecular weight excluding hydrogens is 214 g/mol. The number of nitrogens with zero attached hydrogens (tertiary/aromatic N) is 1. The first-order chi connectivity index (χ1) is 5.87. The first-order valence-corrected chi connectivity index (χ1v) is 5.54. The third-order valence-electron chi connectivity index (χ3n) is 1.22. The molecule has 13 heavy (non-hydrogen) atoms. The van der Waals surface area contributed by atoms with Crippen LogP contribution in [-0.4, -0.2) is 20.1 Å². The third-order valence-corrected chi connectivity index (χ3v) is 2.54. The van der Waals surface area contributed by atoms with Crippen molar-refractivity contribution in [2.24, 2.45) is 7.05 Å². The smallest absolute Gasteiger partial charge is 0.224 e. The van der Waals surface area contributed by atoms with Crippen LogP contribution in [0.25, 0.3) is 0 Å². The largest absolute Gasteiger partial charge is 0.726 e. The molecule has 0 spiro atoms. The monoisotopic (exact) mass is 225 g/mol. The van der Waals surface area contributed by atoms with Crippen molar-refractivity contribution in [1.29, 1.82) is 0 Å². The summed E-state index contributed by atoms with van der Waals surface area (Å²) in [5.74, 6) is 0. The van der Waals surface area contributed by atoms with E-state index in [0.29, 0.717) is 0 Å². The van der Waals surface area contributed by atoms with Crippen LogP contribution < -0.4 is 4.57 Å². The number of thiazole rings is 1. The molecule has 0 unspecified atom stereocenters. The van der Waals surface area contributed by atoms with E-state index in [2.05, 4.69) is 26.6 Å². The van der Waals surface area contributed by atoms with Crippen LogP contribution in [0.3, 0.4) is 0 Å². The van der Waals surface area contributed by atoms with Gasteiger partial charge in [0.05, 0.1) is 12.5 Å². The van der Waals surface area contributed by atoms with E-state index >= 15 is 0 Å². The SMILES string of the molecule is COS(=O)(=O)[O-].Cc1csc[n+]1C. The van der Waals surface area contributed by atoms with Crippen LogP contribution in [0.15, 0.2) is 10.9 Å². The number of hydrogen-bond donors (Lipinski definition) is 0. The maximum absolute atomic E-state index is 9.22. The van der Waals surface area contributed by atoms with Crippen molar-refractivity contribution < 1.29 is 21.7 Å². The van der Waals surface area contributed by atoms with Crippen molar-refractivity contribution in [2.45, 2.75) is 6.92 Å². The normalized spacial score (nSPS) is 10.5. The maximum Gasteiger partial charge on any atom is 0.224 e. The Morgan fingerprint density at radius 2 is 2.08 bits per heavy atom. The molecule has 5 nitrogen and oxygen atoms in total. The summed E-state index contributed by atoms with van der Waals surface area (Å²) < 4.78 is 33.1. The van der Waals surface area contributed by atoms with Gasteiger partial charge in [-0.15, -0.1) is 0 Å². The lowest BCUT2D eigenvalue weighted by atomic mass is 10.6. The summed E-state index contributed by atoms with van der Waals surface area (Å²) in [6.07, 6.45) is 0. The first-order valence-electron chi connectivity index (χ1n) is 3.26. The minimum atomic E-state index is -4.41. The first kappa shape index (κ1) is 12.5. The zero-order valence-corrected chi connectivity index (χ0v) is 9.18. The minimum Gasteiger partial charge on any atom is -0.726 e. The van der Waals surface area contributed by atoms with Crippen LogP contribution in [-0.2, 0) is 21.6 Å². The van der Waals surface area contributed by atoms with E-state index in [4.69, 9.17) is 0 Å². The van der Waals surface area contributed by atoms with Crippen molar-refractivity contribution in [1.82, 2.24) is 0 Å². The average molecular weight is 225 g/mol. The van der Waals surface area contributed by atoms with E-state index < -0.39 is 10.4 Å². The molecule has 0 aliphatic carbocycles. The molecule has 0 N–H and O–H groups in total. The lowest BCUT2D eigenvalue weighted by Crippen LogP contribution is -2.27. The van der Waals surface area contributed by atoms with Gasteiger partial charge >= 0.3 is 0 Å². The highest BCUT2D eigenvalue weighted by Gasteiger charge is 1.95. The van der Waals surface area contributed by atoms with Gasteiger partial charge in [-0.3, -0.25) is 4.18 Å². The Morgan fingerprint density at radius 3 is 2.15 bits per heavy atom. The third kappa shape index (κ3) is 6.64. The summed E-state index contributed by atoms with van der Waals surface area (Å²) in [5.41, 5.74) is 3.40. The van der Waals surface area contributed by atoms with Crippen LogP contribution in [0.1, 0.15) is 5.69 Å². The Balaban J connectivity index is 0.000000226. The van der Waals surface area contributed by atoms with Crippen LogP contribution in [0.4, 0.5) is 0 Å². The van der Waals surface area contributed by atoms with Gasteiger partial charge in [0.15, 0.2) is 5.69 Å². The highest BCUT2D eigenvalue weighted by Crippen LogP contribution is 1.93. The topological polar surface area (TPSA) is 70.3 Å². The van der Waals surface area contributed by atoms with E-state index in [1.807, 2.05) is 7.05 Å². The van der Waals surface area contributed by atoms with E-state index in [9.17, 15) is 13.0 Å². The van der Waals surface area contributed by atoms with Crippen molar-refractivity contribution in [3.05, 3.63) is 16.6 Å². The molecular formula is C6H11NO4S2. The number of hydrogen-bond acceptors (Lipinski definition) is 5. The van der Waals surface area contributed by atoms with Crippen molar-refractivity contribution in [2.75, 3.05) is 7.11 Å². The molecule has 0 aliphatic rings. The van der Waals surface area contributed by atoms with Gasteiger partial charge in [0.1, 0.15) is 7.05 Å². The summed E-state index contributed by atoms with van der Waals surface area (Å²) in [7, 11) is -1.56. The Hall–Kier alpha value is -0.500. The average Bonchev–Trinajstić information content (AvgIpc) is 2.36. The molecule has 0 radical (unpaired) electrons. The lowest BCUT2D eigenvalue weighted by Gasteiger charge is -1.98. The lowest BCUT2D eigenvalue weighted by molar-refractivity contribution is -0.672. The van der Waals surface area contributed by atoms with E-state index in [1.54, 1.807) is 11.3 Å². The molecule has 0 atom stereocenters. The molecule has 0 amide bonds. The second-order valence-corrected chi connectivity index (χ2v) is 4.06. The summed E-state index contributed by atoms with van der Waals surface area (Å²) >= 11 is 1.73. The fourth-order valence-corrected chi connectivity index (χ4v) is 1.16. The van der Waals surface area contributed by atoms with Gasteiger partial charge < -0.3 is 4.55 Å². The predicted octanol–water partition coefficient (Wildman–Crippen LogP) is -0.0260. The zero-order valence-electron chi connectivity index (χ0n) is 7.55. The van der Waals surface area contributed by atoms with Crippen LogP contribution in [0.5, 0.6) is 0 Å². The van der Waals surface area contributed by atoms with Gasteiger partial charge in [-0.05, 0) is 0 Å². The van der Waals surface area contributed by atoms with Crippen LogP contribution in [0, 0.1) is 6.92 Å². The fraction of sp³-hybridized carbons (Fsp3) is 0.500. The second-order valence-electron chi connectivity index (χ2n) is 2.19. The molecule has 1 aromatic heterocycles. The standard InChI is InChI=1S/C5H8NS.CH4O4S/c1-5-3-7-4-6(5)2;1-5-6(2,3)4/h3-4H,1-2H3;1H3,(H,2,3,4)/q+1;/p-1. The maximum atomic E-state index is 9.22. The molecule has 0 fully saturated rings. The van der Waals surface area contributed by atoms with Gasteiger partial charge in [-0.2, -0.15) is 4.57 Å². The molecule has 0 bridgehead atoms. The second kappa shape index (κ2) is 5.28. The highest BCUT2D eigenvalue weighted by atomic mass is 32.3. The zero-order chi connectivity index (χ0) is 10.5. The van der Waals surface area contributed by atoms with E-state index in [0.717, 1.165) is 7.11 Å². The van der Waals surface area contributed by atoms with E-state index in [-0.39, 0.29) is 0 Å². The van der Waals surface area contributed by atoms with Gasteiger partial charge in [0.2, 0.25) is 15.9 Å². The van der Waals surface area contributed by atoms with Crippen molar-refractivity contribution in [3.8, 4) is 0 Å². The highest BCUT2D eigenvalue weighted by molar-refractivity contribution is 7.80. The van der Waals surface area contributed by atoms with Gasteiger partial charge in [-0.1, -0.05) is 11.3 Å². The summed E-state index contributed by atoms with van der Waals surface area (Å²) in [6.45, 7) is 2.09. The van der Waals surface area contributed by atoms with Gasteiger partial charge in [0, 0.05) is 6.92 Å². The Labute approximate surface area is 81.6 Å². The molecule has 0 saturated heterocycles. The molecule has 0 aliphatic heterocycles. The summed E-state index contributed by atoms with van der Waals surface area (Å²) in [4.78, 5) is 0. The van der Waals surface area contributed by atoms with Crippen molar-refractivity contribution in [3.63, 3.8) is 0 Å². The van der Waals surface area contributed by atoms with Crippen LogP contribution in [0.2, 0.25) is 0 Å². The molecule has 1 aromatic rings. The number of aryl methyl sites for hydroxylation is 2. The van der Waals surface area contributed by atoms with Gasteiger partial charge in [-0.25, -0.2) is 8.42 Å². The summed E-state index contributed by atoms with van der Waals surface area (Å²) in [5, 5.41) is 2.12. The molecule has 1 heterocycles. The van der Waals surface area contributed by atoms with Gasteiger partial charge in [0.25, 0.3) is 0 Å². The predicted molar refractivity (Wildman–Crippen MR) is 46.9 cm³/mol. The quantitative estimate of drug-likeness (QED) is 0.382.